The Morgan fingerprint density at radius 3 is 2.53 bits per heavy atom. The summed E-state index contributed by atoms with van der Waals surface area (Å²) in [5.74, 6) is 1.54. The summed E-state index contributed by atoms with van der Waals surface area (Å²) >= 11 is 6.40. The molecule has 0 spiro atoms. The second-order valence-electron chi connectivity index (χ2n) is 9.33. The lowest BCUT2D eigenvalue weighted by Crippen LogP contribution is -2.58. The molecule has 166 valence electrons. The van der Waals surface area contributed by atoms with Gasteiger partial charge in [0.05, 0.1) is 7.11 Å². The fourth-order valence-electron chi connectivity index (χ4n) is 5.43. The molecule has 1 aromatic rings. The van der Waals surface area contributed by atoms with Gasteiger partial charge in [0.25, 0.3) is 0 Å². The maximum absolute atomic E-state index is 12.7. The van der Waals surface area contributed by atoms with Crippen molar-refractivity contribution in [3.05, 3.63) is 28.8 Å². The molecule has 1 saturated carbocycles. The minimum atomic E-state index is 0.167. The second-order valence-corrected chi connectivity index (χ2v) is 9.73. The first-order chi connectivity index (χ1) is 14.6. The number of amides is 2. The Kier molecular flexibility index (Phi) is 7.42. The van der Waals surface area contributed by atoms with E-state index in [2.05, 4.69) is 21.2 Å². The highest BCUT2D eigenvalue weighted by Gasteiger charge is 2.32. The molecule has 30 heavy (non-hydrogen) atoms. The van der Waals surface area contributed by atoms with Gasteiger partial charge in [-0.2, -0.15) is 0 Å². The summed E-state index contributed by atoms with van der Waals surface area (Å²) in [4.78, 5) is 17.3. The van der Waals surface area contributed by atoms with Gasteiger partial charge in [0.2, 0.25) is 0 Å². The summed E-state index contributed by atoms with van der Waals surface area (Å²) in [6.45, 7) is 4.11. The molecule has 0 aromatic heterocycles. The number of benzene rings is 1. The van der Waals surface area contributed by atoms with Crippen molar-refractivity contribution in [2.75, 3.05) is 33.3 Å². The number of nitrogens with one attached hydrogen (secondary N) is 1. The van der Waals surface area contributed by atoms with Gasteiger partial charge in [-0.05, 0) is 81.3 Å². The van der Waals surface area contributed by atoms with E-state index < -0.39 is 0 Å². The average molecular weight is 434 g/mol. The summed E-state index contributed by atoms with van der Waals surface area (Å²) in [5, 5.41) is 4.13. The fraction of sp³-hybridized carbons (Fsp3) is 0.708. The van der Waals surface area contributed by atoms with Crippen LogP contribution in [-0.2, 0) is 6.42 Å². The standard InChI is InChI=1S/C24H36ClN3O2/c1-30-22-7-8-23(25)19(16-22)15-18-9-12-27(13-10-18)17-20-11-14-28(24(29)26-20)21-5-3-2-4-6-21/h7-8,16,18,20-21H,2-6,9-15,17H2,1H3,(H,26,29). The van der Waals surface area contributed by atoms with Crippen molar-refractivity contribution >= 4 is 17.6 Å². The topological polar surface area (TPSA) is 44.8 Å². The molecule has 0 bridgehead atoms. The van der Waals surface area contributed by atoms with E-state index in [4.69, 9.17) is 16.3 Å². The highest BCUT2D eigenvalue weighted by molar-refractivity contribution is 6.31. The maximum atomic E-state index is 12.7. The van der Waals surface area contributed by atoms with Crippen molar-refractivity contribution in [3.63, 3.8) is 0 Å². The zero-order chi connectivity index (χ0) is 20.9. The van der Waals surface area contributed by atoms with E-state index in [-0.39, 0.29) is 6.03 Å². The van der Waals surface area contributed by atoms with Gasteiger partial charge in [0.15, 0.2) is 0 Å². The zero-order valence-corrected chi connectivity index (χ0v) is 19.0. The van der Waals surface area contributed by atoms with E-state index >= 15 is 0 Å². The Bertz CT molecular complexity index is 714. The molecule has 1 aromatic carbocycles. The molecule has 1 aliphatic carbocycles. The van der Waals surface area contributed by atoms with Crippen LogP contribution in [0.15, 0.2) is 18.2 Å². The van der Waals surface area contributed by atoms with E-state index in [1.54, 1.807) is 7.11 Å². The third-order valence-corrected chi connectivity index (χ3v) is 7.64. The van der Waals surface area contributed by atoms with E-state index in [0.29, 0.717) is 18.0 Å². The van der Waals surface area contributed by atoms with Gasteiger partial charge in [-0.25, -0.2) is 4.79 Å². The molecule has 3 aliphatic rings. The number of carbonyl (C=O) groups is 1. The van der Waals surface area contributed by atoms with Crippen LogP contribution < -0.4 is 10.1 Å². The predicted molar refractivity (Wildman–Crippen MR) is 121 cm³/mol. The van der Waals surface area contributed by atoms with Crippen LogP contribution in [-0.4, -0.2) is 61.2 Å². The van der Waals surface area contributed by atoms with Gasteiger partial charge in [-0.15, -0.1) is 0 Å². The van der Waals surface area contributed by atoms with Crippen molar-refractivity contribution in [2.45, 2.75) is 69.9 Å². The Morgan fingerprint density at radius 1 is 1.07 bits per heavy atom. The third-order valence-electron chi connectivity index (χ3n) is 7.27. The van der Waals surface area contributed by atoms with Gasteiger partial charge in [0, 0.05) is 30.2 Å². The van der Waals surface area contributed by atoms with Crippen LogP contribution in [0, 0.1) is 5.92 Å². The lowest BCUT2D eigenvalue weighted by molar-refractivity contribution is 0.113. The summed E-state index contributed by atoms with van der Waals surface area (Å²) in [6, 6.07) is 6.86. The summed E-state index contributed by atoms with van der Waals surface area (Å²) in [6.07, 6.45) is 10.7. The number of ether oxygens (including phenoxy) is 1. The number of likely N-dealkylation sites (tertiary alicyclic amines) is 1. The van der Waals surface area contributed by atoms with Crippen molar-refractivity contribution in [2.24, 2.45) is 5.92 Å². The molecule has 1 unspecified atom stereocenters. The largest absolute Gasteiger partial charge is 0.497 e. The van der Waals surface area contributed by atoms with Crippen LogP contribution in [0.1, 0.15) is 56.9 Å². The highest BCUT2D eigenvalue weighted by atomic mass is 35.5. The first-order valence-electron chi connectivity index (χ1n) is 11.7. The van der Waals surface area contributed by atoms with Crippen LogP contribution >= 0.6 is 11.6 Å². The number of hydrogen-bond acceptors (Lipinski definition) is 3. The lowest BCUT2D eigenvalue weighted by atomic mass is 9.89. The van der Waals surface area contributed by atoms with E-state index in [1.807, 2.05) is 12.1 Å². The van der Waals surface area contributed by atoms with Crippen molar-refractivity contribution in [3.8, 4) is 5.75 Å². The number of hydrogen-bond donors (Lipinski definition) is 1. The molecule has 0 radical (unpaired) electrons. The Hall–Kier alpha value is -1.46. The Balaban J connectivity index is 1.21. The van der Waals surface area contributed by atoms with Crippen LogP contribution in [0.3, 0.4) is 0 Å². The normalized spacial score (nSPS) is 24.7. The Morgan fingerprint density at radius 2 is 1.83 bits per heavy atom. The van der Waals surface area contributed by atoms with Crippen LogP contribution in [0.4, 0.5) is 4.79 Å². The average Bonchev–Trinajstić information content (AvgIpc) is 2.77. The smallest absolute Gasteiger partial charge is 0.317 e. The number of halogens is 1. The monoisotopic (exact) mass is 433 g/mol. The number of piperidine rings is 1. The lowest BCUT2D eigenvalue weighted by Gasteiger charge is -2.41. The molecule has 1 atom stereocenters. The predicted octanol–water partition coefficient (Wildman–Crippen LogP) is 4.72. The van der Waals surface area contributed by atoms with Gasteiger partial charge < -0.3 is 19.9 Å². The first kappa shape index (κ1) is 21.8. The van der Waals surface area contributed by atoms with Crippen molar-refractivity contribution < 1.29 is 9.53 Å². The third kappa shape index (κ3) is 5.42. The molecule has 6 heteroatoms. The first-order valence-corrected chi connectivity index (χ1v) is 12.1. The molecule has 1 N–H and O–H groups in total. The van der Waals surface area contributed by atoms with Crippen molar-refractivity contribution in [1.82, 2.24) is 15.1 Å². The summed E-state index contributed by atoms with van der Waals surface area (Å²) in [5.41, 5.74) is 1.19. The Labute approximate surface area is 186 Å². The zero-order valence-electron chi connectivity index (χ0n) is 18.2. The van der Waals surface area contributed by atoms with Gasteiger partial charge in [-0.3, -0.25) is 0 Å². The number of carbonyl (C=O) groups excluding carboxylic acids is 1. The quantitative estimate of drug-likeness (QED) is 0.705. The molecule has 2 saturated heterocycles. The molecule has 4 rings (SSSR count). The molecular formula is C24H36ClN3O2. The number of methoxy groups -OCH3 is 1. The molecule has 5 nitrogen and oxygen atoms in total. The second kappa shape index (κ2) is 10.2. The van der Waals surface area contributed by atoms with Crippen molar-refractivity contribution in [1.29, 1.82) is 0 Å². The molecule has 2 heterocycles. The summed E-state index contributed by atoms with van der Waals surface area (Å²) < 4.78 is 5.35. The number of rotatable bonds is 6. The highest BCUT2D eigenvalue weighted by Crippen LogP contribution is 2.29. The van der Waals surface area contributed by atoms with Crippen LogP contribution in [0.25, 0.3) is 0 Å². The fourth-order valence-corrected chi connectivity index (χ4v) is 5.63. The number of urea groups is 1. The van der Waals surface area contributed by atoms with Gasteiger partial charge in [-0.1, -0.05) is 30.9 Å². The number of nitrogens with zero attached hydrogens (tertiary/aromatic N) is 2. The minimum Gasteiger partial charge on any atom is -0.497 e. The van der Waals surface area contributed by atoms with E-state index in [1.165, 1.54) is 50.5 Å². The SMILES string of the molecule is COc1ccc(Cl)c(CC2CCN(CC3CCN(C4CCCCC4)C(=O)N3)CC2)c1. The van der Waals surface area contributed by atoms with E-state index in [0.717, 1.165) is 49.8 Å². The molecule has 3 fully saturated rings. The van der Waals surface area contributed by atoms with E-state index in [9.17, 15) is 4.79 Å². The molecule has 2 aliphatic heterocycles. The van der Waals surface area contributed by atoms with Crippen LogP contribution in [0.2, 0.25) is 5.02 Å². The molecule has 2 amide bonds. The van der Waals surface area contributed by atoms with Crippen LogP contribution in [0.5, 0.6) is 5.75 Å². The van der Waals surface area contributed by atoms with Gasteiger partial charge in [0.1, 0.15) is 5.75 Å². The maximum Gasteiger partial charge on any atom is 0.317 e. The molecular weight excluding hydrogens is 398 g/mol. The van der Waals surface area contributed by atoms with Gasteiger partial charge >= 0.3 is 6.03 Å². The minimum absolute atomic E-state index is 0.167. The summed E-state index contributed by atoms with van der Waals surface area (Å²) in [7, 11) is 1.70.